The molecule has 3 N–H and O–H groups in total. The summed E-state index contributed by atoms with van der Waals surface area (Å²) in [6, 6.07) is 15.8. The van der Waals surface area contributed by atoms with Crippen molar-refractivity contribution in [3.63, 3.8) is 0 Å². The average Bonchev–Trinajstić information content (AvgIpc) is 3.44. The number of aromatic nitrogens is 1. The van der Waals surface area contributed by atoms with Crippen LogP contribution in [0.2, 0.25) is 0 Å². The highest BCUT2D eigenvalue weighted by atomic mass is 32.1. The van der Waals surface area contributed by atoms with Gasteiger partial charge in [0.25, 0.3) is 5.91 Å². The number of nitrogens with one attached hydrogen (secondary N) is 2. The van der Waals surface area contributed by atoms with Crippen LogP contribution in [0.5, 0.6) is 0 Å². The number of carboxylic acids is 1. The van der Waals surface area contributed by atoms with Crippen molar-refractivity contribution in [2.75, 3.05) is 6.61 Å². The Labute approximate surface area is 201 Å². The minimum absolute atomic E-state index is 0.0226. The summed E-state index contributed by atoms with van der Waals surface area (Å²) >= 11 is 1.23. The highest BCUT2D eigenvalue weighted by molar-refractivity contribution is 7.09. The van der Waals surface area contributed by atoms with Crippen molar-refractivity contribution in [3.05, 3.63) is 75.7 Å². The van der Waals surface area contributed by atoms with Gasteiger partial charge in [-0.1, -0.05) is 55.5 Å². The molecule has 1 heterocycles. The lowest BCUT2D eigenvalue weighted by Gasteiger charge is -2.14. The van der Waals surface area contributed by atoms with Gasteiger partial charge < -0.3 is 20.5 Å². The molecule has 0 radical (unpaired) electrons. The van der Waals surface area contributed by atoms with Gasteiger partial charge in [0.1, 0.15) is 17.3 Å². The SMILES string of the molecule is CCC(CC(=O)O)NC(=O)c1csc(CNC(=O)OCC2c3ccccc3-c3ccccc32)n1. The fourth-order valence-electron chi connectivity index (χ4n) is 4.06. The number of hydrogen-bond donors (Lipinski definition) is 3. The van der Waals surface area contributed by atoms with Crippen molar-refractivity contribution < 1.29 is 24.2 Å². The van der Waals surface area contributed by atoms with Gasteiger partial charge in [0, 0.05) is 17.3 Å². The zero-order valence-corrected chi connectivity index (χ0v) is 19.4. The summed E-state index contributed by atoms with van der Waals surface area (Å²) in [5, 5.41) is 16.4. The molecular weight excluding hydrogens is 454 g/mol. The van der Waals surface area contributed by atoms with Gasteiger partial charge in [-0.05, 0) is 28.7 Å². The van der Waals surface area contributed by atoms with Crippen molar-refractivity contribution in [3.8, 4) is 11.1 Å². The van der Waals surface area contributed by atoms with Gasteiger partial charge in [-0.25, -0.2) is 9.78 Å². The topological polar surface area (TPSA) is 118 Å². The normalized spacial score (nSPS) is 13.0. The summed E-state index contributed by atoms with van der Waals surface area (Å²) in [4.78, 5) is 39.8. The zero-order chi connectivity index (χ0) is 24.1. The fraction of sp³-hybridized carbons (Fsp3) is 0.280. The quantitative estimate of drug-likeness (QED) is 0.424. The molecule has 3 aromatic rings. The van der Waals surface area contributed by atoms with Crippen LogP contribution >= 0.6 is 11.3 Å². The van der Waals surface area contributed by atoms with Crippen molar-refractivity contribution in [2.45, 2.75) is 38.3 Å². The molecule has 34 heavy (non-hydrogen) atoms. The van der Waals surface area contributed by atoms with E-state index in [0.29, 0.717) is 11.4 Å². The minimum atomic E-state index is -0.974. The Morgan fingerprint density at radius 1 is 1.09 bits per heavy atom. The summed E-state index contributed by atoms with van der Waals surface area (Å²) in [7, 11) is 0. The van der Waals surface area contributed by atoms with Gasteiger partial charge in [-0.15, -0.1) is 11.3 Å². The van der Waals surface area contributed by atoms with E-state index in [1.807, 2.05) is 24.3 Å². The predicted molar refractivity (Wildman–Crippen MR) is 128 cm³/mol. The van der Waals surface area contributed by atoms with Crippen molar-refractivity contribution >= 4 is 29.3 Å². The van der Waals surface area contributed by atoms with Gasteiger partial charge in [0.05, 0.1) is 13.0 Å². The molecule has 1 aliphatic rings. The molecular formula is C25H25N3O5S. The molecule has 0 bridgehead atoms. The molecule has 0 fully saturated rings. The van der Waals surface area contributed by atoms with Crippen molar-refractivity contribution in [1.82, 2.24) is 15.6 Å². The standard InChI is InChI=1S/C25H25N3O5S/c1-2-15(11-23(29)30)27-24(31)21-14-34-22(28-21)12-26-25(32)33-13-20-18-9-5-3-7-16(18)17-8-4-6-10-19(17)20/h3-10,14-15,20H,2,11-13H2,1H3,(H,26,32)(H,27,31)(H,29,30). The summed E-state index contributed by atoms with van der Waals surface area (Å²) in [5.74, 6) is -1.43. The second kappa shape index (κ2) is 10.5. The Morgan fingerprint density at radius 3 is 2.35 bits per heavy atom. The van der Waals surface area contributed by atoms with E-state index in [4.69, 9.17) is 9.84 Å². The lowest BCUT2D eigenvalue weighted by atomic mass is 9.98. The van der Waals surface area contributed by atoms with Gasteiger partial charge in [-0.3, -0.25) is 9.59 Å². The van der Waals surface area contributed by atoms with Crippen LogP contribution in [-0.4, -0.2) is 40.7 Å². The number of hydrogen-bond acceptors (Lipinski definition) is 6. The molecule has 9 heteroatoms. The third kappa shape index (κ3) is 5.26. The van der Waals surface area contributed by atoms with Gasteiger partial charge in [-0.2, -0.15) is 0 Å². The molecule has 2 aromatic carbocycles. The molecule has 8 nitrogen and oxygen atoms in total. The number of benzene rings is 2. The molecule has 176 valence electrons. The first kappa shape index (κ1) is 23.4. The van der Waals surface area contributed by atoms with Crippen LogP contribution in [0.4, 0.5) is 4.79 Å². The lowest BCUT2D eigenvalue weighted by Crippen LogP contribution is -2.36. The molecule has 0 spiro atoms. The van der Waals surface area contributed by atoms with E-state index in [1.165, 1.54) is 11.3 Å². The number of aliphatic carboxylic acids is 1. The third-order valence-electron chi connectivity index (χ3n) is 5.76. The van der Waals surface area contributed by atoms with Crippen molar-refractivity contribution in [1.29, 1.82) is 0 Å². The first-order valence-corrected chi connectivity index (χ1v) is 11.9. The second-order valence-electron chi connectivity index (χ2n) is 7.98. The van der Waals surface area contributed by atoms with Crippen LogP contribution in [0, 0.1) is 0 Å². The van der Waals surface area contributed by atoms with Gasteiger partial charge in [0.15, 0.2) is 0 Å². The Bertz CT molecular complexity index is 1160. The van der Waals surface area contributed by atoms with E-state index >= 15 is 0 Å². The summed E-state index contributed by atoms with van der Waals surface area (Å²) in [5.41, 5.74) is 4.79. The number of carbonyl (C=O) groups is 3. The van der Waals surface area contributed by atoms with E-state index in [1.54, 1.807) is 12.3 Å². The Hall–Kier alpha value is -3.72. The van der Waals surface area contributed by atoms with Crippen LogP contribution in [0.1, 0.15) is 52.3 Å². The molecule has 1 atom stereocenters. The molecule has 4 rings (SSSR count). The van der Waals surface area contributed by atoms with E-state index < -0.39 is 24.0 Å². The maximum atomic E-state index is 12.3. The number of carboxylic acid groups (broad SMARTS) is 1. The van der Waals surface area contributed by atoms with Crippen LogP contribution in [0.25, 0.3) is 11.1 Å². The smallest absolute Gasteiger partial charge is 0.407 e. The number of amides is 2. The first-order valence-electron chi connectivity index (χ1n) is 11.0. The summed E-state index contributed by atoms with van der Waals surface area (Å²) in [6.07, 6.45) is -0.211. The number of fused-ring (bicyclic) bond motifs is 3. The van der Waals surface area contributed by atoms with E-state index in [2.05, 4.69) is 39.9 Å². The number of alkyl carbamates (subject to hydrolysis) is 1. The van der Waals surface area contributed by atoms with Crippen molar-refractivity contribution in [2.24, 2.45) is 0 Å². The van der Waals surface area contributed by atoms with E-state index in [-0.39, 0.29) is 31.2 Å². The van der Waals surface area contributed by atoms with Gasteiger partial charge in [0.2, 0.25) is 0 Å². The predicted octanol–water partition coefficient (Wildman–Crippen LogP) is 4.16. The average molecular weight is 480 g/mol. The number of nitrogens with zero attached hydrogens (tertiary/aromatic N) is 1. The van der Waals surface area contributed by atoms with E-state index in [0.717, 1.165) is 22.3 Å². The summed E-state index contributed by atoms with van der Waals surface area (Å²) in [6.45, 7) is 2.15. The molecule has 2 amide bonds. The zero-order valence-electron chi connectivity index (χ0n) is 18.6. The van der Waals surface area contributed by atoms with E-state index in [9.17, 15) is 14.4 Å². The summed E-state index contributed by atoms with van der Waals surface area (Å²) < 4.78 is 5.51. The van der Waals surface area contributed by atoms with Crippen LogP contribution in [-0.2, 0) is 16.1 Å². The highest BCUT2D eigenvalue weighted by Gasteiger charge is 2.29. The maximum absolute atomic E-state index is 12.3. The molecule has 0 saturated heterocycles. The fourth-order valence-corrected chi connectivity index (χ4v) is 4.78. The monoisotopic (exact) mass is 479 g/mol. The Morgan fingerprint density at radius 2 is 1.74 bits per heavy atom. The number of carbonyl (C=O) groups excluding carboxylic acids is 2. The third-order valence-corrected chi connectivity index (χ3v) is 6.61. The van der Waals surface area contributed by atoms with Crippen LogP contribution in [0.3, 0.4) is 0 Å². The molecule has 0 saturated carbocycles. The number of ether oxygens (including phenoxy) is 1. The Balaban J connectivity index is 1.30. The second-order valence-corrected chi connectivity index (χ2v) is 8.92. The van der Waals surface area contributed by atoms with Crippen LogP contribution in [0.15, 0.2) is 53.9 Å². The largest absolute Gasteiger partial charge is 0.481 e. The Kier molecular flexibility index (Phi) is 7.22. The van der Waals surface area contributed by atoms with Gasteiger partial charge >= 0.3 is 12.1 Å². The molecule has 0 aliphatic heterocycles. The maximum Gasteiger partial charge on any atom is 0.407 e. The molecule has 1 aromatic heterocycles. The molecule has 1 aliphatic carbocycles. The first-order chi connectivity index (χ1) is 16.5. The van der Waals surface area contributed by atoms with Crippen LogP contribution < -0.4 is 10.6 Å². The lowest BCUT2D eigenvalue weighted by molar-refractivity contribution is -0.137. The minimum Gasteiger partial charge on any atom is -0.481 e. The molecule has 1 unspecified atom stereocenters. The number of rotatable bonds is 9. The highest BCUT2D eigenvalue weighted by Crippen LogP contribution is 2.44. The number of thiazole rings is 1.